The van der Waals surface area contributed by atoms with Crippen molar-refractivity contribution in [2.45, 2.75) is 19.9 Å². The lowest BCUT2D eigenvalue weighted by atomic mass is 10.0. The second-order valence-electron chi connectivity index (χ2n) is 18.4. The summed E-state index contributed by atoms with van der Waals surface area (Å²) in [6.07, 6.45) is 1.06. The van der Waals surface area contributed by atoms with E-state index in [1.807, 2.05) is 0 Å². The van der Waals surface area contributed by atoms with E-state index in [0.29, 0.717) is 0 Å². The first-order valence-electron chi connectivity index (χ1n) is 23.8. The molecule has 320 valence electrons. The zero-order valence-corrected chi connectivity index (χ0v) is 37.4. The molecule has 15 rings (SSSR count). The number of aryl methyl sites for hydroxylation is 1. The van der Waals surface area contributed by atoms with Crippen molar-refractivity contribution < 1.29 is 0 Å². The van der Waals surface area contributed by atoms with Crippen LogP contribution in [0.2, 0.25) is 0 Å². The van der Waals surface area contributed by atoms with E-state index in [0.717, 1.165) is 30.0 Å². The average molecular weight is 870 g/mol. The third-order valence-corrected chi connectivity index (χ3v) is 14.7. The van der Waals surface area contributed by atoms with Gasteiger partial charge in [-0.3, -0.25) is 0 Å². The summed E-state index contributed by atoms with van der Waals surface area (Å²) >= 11 is 0. The van der Waals surface area contributed by atoms with Crippen LogP contribution in [0, 0.1) is 0 Å². The number of nitrogens with zero attached hydrogens (tertiary/aromatic N) is 5. The first-order chi connectivity index (χ1) is 33.7. The minimum Gasteiger partial charge on any atom is -0.339 e. The monoisotopic (exact) mass is 869 g/mol. The molecule has 5 aromatic heterocycles. The number of fused-ring (bicyclic) bond motifs is 15. The van der Waals surface area contributed by atoms with Crippen LogP contribution in [0.25, 0.3) is 132 Å². The minimum absolute atomic E-state index is 0.961. The lowest BCUT2D eigenvalue weighted by Gasteiger charge is -2.15. The summed E-state index contributed by atoms with van der Waals surface area (Å²) < 4.78 is 12.6. The van der Waals surface area contributed by atoms with Crippen molar-refractivity contribution in [3.63, 3.8) is 0 Å². The smallest absolute Gasteiger partial charge is 0.0804 e. The van der Waals surface area contributed by atoms with Gasteiger partial charge in [-0.05, 0) is 96.1 Å². The highest BCUT2D eigenvalue weighted by atomic mass is 15.1. The van der Waals surface area contributed by atoms with Crippen molar-refractivity contribution in [3.05, 3.63) is 218 Å². The summed E-state index contributed by atoms with van der Waals surface area (Å²) in [6, 6.07) is 80.9. The average Bonchev–Trinajstić information content (AvgIpc) is 4.18. The highest BCUT2D eigenvalue weighted by Crippen LogP contribution is 2.46. The molecule has 0 unspecified atom stereocenters. The predicted molar refractivity (Wildman–Crippen MR) is 287 cm³/mol. The molecular formula is C63H43N5. The molecule has 0 bridgehead atoms. The second-order valence-corrected chi connectivity index (χ2v) is 18.4. The number of rotatable bonds is 6. The van der Waals surface area contributed by atoms with E-state index < -0.39 is 0 Å². The third kappa shape index (κ3) is 4.99. The molecule has 0 aliphatic rings. The lowest BCUT2D eigenvalue weighted by Crippen LogP contribution is -1.97. The van der Waals surface area contributed by atoms with Gasteiger partial charge in [-0.1, -0.05) is 146 Å². The van der Waals surface area contributed by atoms with Gasteiger partial charge in [0.25, 0.3) is 0 Å². The number of benzene rings is 10. The molecule has 0 radical (unpaired) electrons. The van der Waals surface area contributed by atoms with Crippen molar-refractivity contribution in [2.24, 2.45) is 0 Å². The van der Waals surface area contributed by atoms with Crippen LogP contribution in [0.1, 0.15) is 13.3 Å². The Bertz CT molecular complexity index is 4500. The van der Waals surface area contributed by atoms with Gasteiger partial charge in [0.05, 0.1) is 60.9 Å². The van der Waals surface area contributed by atoms with E-state index in [2.05, 4.69) is 248 Å². The molecule has 0 fully saturated rings. The summed E-state index contributed by atoms with van der Waals surface area (Å²) in [4.78, 5) is 0. The Balaban J connectivity index is 1.05. The van der Waals surface area contributed by atoms with Crippen LogP contribution in [0.4, 0.5) is 0 Å². The molecule has 0 saturated heterocycles. The van der Waals surface area contributed by atoms with E-state index in [9.17, 15) is 0 Å². The van der Waals surface area contributed by atoms with E-state index >= 15 is 0 Å². The molecule has 15 aromatic rings. The third-order valence-electron chi connectivity index (χ3n) is 14.7. The van der Waals surface area contributed by atoms with Crippen molar-refractivity contribution in [3.8, 4) is 22.7 Å². The molecule has 0 aliphatic heterocycles. The molecule has 68 heavy (non-hydrogen) atoms. The van der Waals surface area contributed by atoms with Crippen LogP contribution in [0.3, 0.4) is 0 Å². The number of hydrogen-bond donors (Lipinski definition) is 0. The number of para-hydroxylation sites is 5. The van der Waals surface area contributed by atoms with Gasteiger partial charge in [-0.15, -0.1) is 0 Å². The number of aromatic nitrogens is 5. The second kappa shape index (κ2) is 14.1. The van der Waals surface area contributed by atoms with Gasteiger partial charge in [0.1, 0.15) is 0 Å². The van der Waals surface area contributed by atoms with Gasteiger partial charge >= 0.3 is 0 Å². The van der Waals surface area contributed by atoms with Crippen molar-refractivity contribution >= 4 is 109 Å². The van der Waals surface area contributed by atoms with Gasteiger partial charge in [0.2, 0.25) is 0 Å². The first kappa shape index (κ1) is 37.4. The highest BCUT2D eigenvalue weighted by Gasteiger charge is 2.26. The van der Waals surface area contributed by atoms with Gasteiger partial charge < -0.3 is 22.8 Å². The fraction of sp³-hybridized carbons (Fsp3) is 0.0476. The van der Waals surface area contributed by atoms with Crippen LogP contribution < -0.4 is 0 Å². The molecule has 5 heteroatoms. The van der Waals surface area contributed by atoms with Gasteiger partial charge in [-0.25, -0.2) is 0 Å². The van der Waals surface area contributed by atoms with Crippen molar-refractivity contribution in [1.29, 1.82) is 0 Å². The summed E-state index contributed by atoms with van der Waals surface area (Å²) in [6.45, 7) is 3.24. The quantitative estimate of drug-likeness (QED) is 0.149. The summed E-state index contributed by atoms with van der Waals surface area (Å²) in [7, 11) is 0. The highest BCUT2D eigenvalue weighted by molar-refractivity contribution is 6.23. The van der Waals surface area contributed by atoms with E-state index in [-0.39, 0.29) is 0 Å². The Morgan fingerprint density at radius 1 is 0.279 bits per heavy atom. The Morgan fingerprint density at radius 2 is 0.676 bits per heavy atom. The van der Waals surface area contributed by atoms with Crippen LogP contribution in [-0.4, -0.2) is 22.8 Å². The van der Waals surface area contributed by atoms with Crippen LogP contribution >= 0.6 is 0 Å². The van der Waals surface area contributed by atoms with Crippen molar-refractivity contribution in [1.82, 2.24) is 22.8 Å². The van der Waals surface area contributed by atoms with Crippen LogP contribution in [0.15, 0.2) is 218 Å². The maximum Gasteiger partial charge on any atom is 0.0804 e. The molecule has 0 N–H and O–H groups in total. The molecule has 0 aliphatic carbocycles. The van der Waals surface area contributed by atoms with E-state index in [4.69, 9.17) is 0 Å². The molecule has 0 amide bonds. The maximum atomic E-state index is 2.56. The Labute approximate surface area is 391 Å². The van der Waals surface area contributed by atoms with E-state index in [1.54, 1.807) is 0 Å². The lowest BCUT2D eigenvalue weighted by molar-refractivity contribution is 0.725. The maximum absolute atomic E-state index is 2.56. The number of hydrogen-bond acceptors (Lipinski definition) is 0. The normalized spacial score (nSPS) is 12.3. The molecule has 5 heterocycles. The Hall–Kier alpha value is -8.80. The summed E-state index contributed by atoms with van der Waals surface area (Å²) in [5.41, 5.74) is 16.8. The fourth-order valence-electron chi connectivity index (χ4n) is 12.0. The SMILES string of the molecule is CCCn1c2ccccc2c2c1c1ccccc1n2-c1ccc2c(c1)c1cc(-n3c4ccccc4c4c3c3ccccc3n4-c3c4ccccc4cc4ccccc34)ccc1n2-c1ccccc1. The topological polar surface area (TPSA) is 24.6 Å². The Morgan fingerprint density at radius 3 is 1.22 bits per heavy atom. The zero-order chi connectivity index (χ0) is 44.6. The minimum atomic E-state index is 0.961. The molecule has 0 atom stereocenters. The first-order valence-corrected chi connectivity index (χ1v) is 23.8. The Kier molecular flexibility index (Phi) is 7.76. The predicted octanol–water partition coefficient (Wildman–Crippen LogP) is 16.6. The van der Waals surface area contributed by atoms with Gasteiger partial charge in [0, 0.05) is 66.7 Å². The summed E-state index contributed by atoms with van der Waals surface area (Å²) in [5.74, 6) is 0. The van der Waals surface area contributed by atoms with Crippen molar-refractivity contribution in [2.75, 3.05) is 0 Å². The standard InChI is InChI=1S/C63H43N5/c1-2-36-64-53-28-14-10-24-47(53)61-60(64)48-25-11-15-29-54(48)66(61)43-32-34-57-51(38-43)52-39-44(33-35-58(52)65(57)42-20-4-3-5-21-42)67-55-30-16-12-26-49(55)63-62(67)50-27-13-17-31-56(50)68(63)59-45-22-8-6-18-40(45)37-41-19-7-9-23-46(41)59/h3-35,37-39H,2,36H2,1H3. The van der Waals surface area contributed by atoms with Crippen LogP contribution in [0.5, 0.6) is 0 Å². The zero-order valence-electron chi connectivity index (χ0n) is 37.4. The molecular weight excluding hydrogens is 827 g/mol. The van der Waals surface area contributed by atoms with Crippen LogP contribution in [-0.2, 0) is 6.54 Å². The van der Waals surface area contributed by atoms with Gasteiger partial charge in [0.15, 0.2) is 0 Å². The van der Waals surface area contributed by atoms with Gasteiger partial charge in [-0.2, -0.15) is 0 Å². The molecule has 5 nitrogen and oxygen atoms in total. The molecule has 10 aromatic carbocycles. The summed E-state index contributed by atoms with van der Waals surface area (Å²) in [5, 5.41) is 12.3. The molecule has 0 saturated carbocycles. The van der Waals surface area contributed by atoms with E-state index in [1.165, 1.54) is 115 Å². The molecule has 0 spiro atoms. The largest absolute Gasteiger partial charge is 0.339 e. The fourth-order valence-corrected chi connectivity index (χ4v) is 12.0.